The van der Waals surface area contributed by atoms with E-state index in [1.54, 1.807) is 19.1 Å². The van der Waals surface area contributed by atoms with Crippen molar-refractivity contribution in [1.82, 2.24) is 0 Å². The van der Waals surface area contributed by atoms with Crippen LogP contribution in [0.15, 0.2) is 24.3 Å². The largest absolute Gasteiger partial charge is 0.479 e. The second kappa shape index (κ2) is 5.51. The highest BCUT2D eigenvalue weighted by molar-refractivity contribution is 5.72. The zero-order valence-electron chi connectivity index (χ0n) is 9.51. The molecule has 0 aromatic heterocycles. The van der Waals surface area contributed by atoms with Gasteiger partial charge in [-0.05, 0) is 31.0 Å². The van der Waals surface area contributed by atoms with Gasteiger partial charge in [-0.15, -0.1) is 0 Å². The van der Waals surface area contributed by atoms with Crippen LogP contribution < -0.4 is 10.5 Å². The minimum Gasteiger partial charge on any atom is -0.479 e. The van der Waals surface area contributed by atoms with Gasteiger partial charge in [0.15, 0.2) is 6.10 Å². The number of hydrogen-bond acceptors (Lipinski definition) is 3. The van der Waals surface area contributed by atoms with Crippen LogP contribution in [0.25, 0.3) is 0 Å². The minimum atomic E-state index is -0.950. The Labute approximate surface area is 95.0 Å². The summed E-state index contributed by atoms with van der Waals surface area (Å²) in [6.45, 7) is 3.64. The summed E-state index contributed by atoms with van der Waals surface area (Å²) in [7, 11) is 0. The number of rotatable bonds is 5. The molecule has 0 amide bonds. The van der Waals surface area contributed by atoms with E-state index >= 15 is 0 Å². The minimum absolute atomic E-state index is 0.0894. The fourth-order valence-corrected chi connectivity index (χ4v) is 1.34. The molecular weight excluding hydrogens is 206 g/mol. The Balaban J connectivity index is 2.80. The van der Waals surface area contributed by atoms with Gasteiger partial charge in [0, 0.05) is 6.04 Å². The molecule has 0 saturated carbocycles. The molecule has 1 rings (SSSR count). The van der Waals surface area contributed by atoms with Gasteiger partial charge in [0.2, 0.25) is 0 Å². The smallest absolute Gasteiger partial charge is 0.344 e. The first-order valence-corrected chi connectivity index (χ1v) is 5.29. The number of ether oxygens (including phenoxy) is 1. The third-order valence-corrected chi connectivity index (χ3v) is 2.31. The van der Waals surface area contributed by atoms with E-state index in [0.29, 0.717) is 12.2 Å². The standard InChI is InChI=1S/C12H17NO3/c1-3-11(12(14)15)16-10-6-4-5-9(7-10)8(2)13/h4-8,11H,3,13H2,1-2H3,(H,14,15)/t8-,11?/m0/s1. The van der Waals surface area contributed by atoms with Crippen molar-refractivity contribution in [3.63, 3.8) is 0 Å². The van der Waals surface area contributed by atoms with Gasteiger partial charge < -0.3 is 15.6 Å². The zero-order chi connectivity index (χ0) is 12.1. The van der Waals surface area contributed by atoms with Crippen LogP contribution in [0.3, 0.4) is 0 Å². The molecular formula is C12H17NO3. The summed E-state index contributed by atoms with van der Waals surface area (Å²) in [6, 6.07) is 7.11. The van der Waals surface area contributed by atoms with E-state index in [4.69, 9.17) is 15.6 Å². The van der Waals surface area contributed by atoms with E-state index < -0.39 is 12.1 Å². The molecule has 0 heterocycles. The van der Waals surface area contributed by atoms with Gasteiger partial charge in [0.25, 0.3) is 0 Å². The highest BCUT2D eigenvalue weighted by atomic mass is 16.5. The third kappa shape index (κ3) is 3.24. The number of carboxylic acids is 1. The van der Waals surface area contributed by atoms with Crippen molar-refractivity contribution >= 4 is 5.97 Å². The predicted octanol–water partition coefficient (Wildman–Crippen LogP) is 1.95. The number of nitrogens with two attached hydrogens (primary N) is 1. The average Bonchev–Trinajstić information content (AvgIpc) is 2.25. The lowest BCUT2D eigenvalue weighted by atomic mass is 10.1. The maximum absolute atomic E-state index is 10.8. The van der Waals surface area contributed by atoms with E-state index in [0.717, 1.165) is 5.56 Å². The quantitative estimate of drug-likeness (QED) is 0.800. The Hall–Kier alpha value is -1.55. The first-order valence-electron chi connectivity index (χ1n) is 5.29. The SMILES string of the molecule is CCC(Oc1cccc([C@H](C)N)c1)C(=O)O. The molecule has 1 unspecified atom stereocenters. The van der Waals surface area contributed by atoms with Crippen molar-refractivity contribution in [3.8, 4) is 5.75 Å². The Morgan fingerprint density at radius 3 is 2.75 bits per heavy atom. The Morgan fingerprint density at radius 1 is 1.56 bits per heavy atom. The van der Waals surface area contributed by atoms with E-state index in [2.05, 4.69) is 0 Å². The average molecular weight is 223 g/mol. The van der Waals surface area contributed by atoms with Crippen LogP contribution in [0.5, 0.6) is 5.75 Å². The lowest BCUT2D eigenvalue weighted by Crippen LogP contribution is -2.26. The first-order chi connectivity index (χ1) is 7.54. The maximum Gasteiger partial charge on any atom is 0.344 e. The Bertz CT molecular complexity index is 363. The van der Waals surface area contributed by atoms with Crippen molar-refractivity contribution in [3.05, 3.63) is 29.8 Å². The van der Waals surface area contributed by atoms with Crippen LogP contribution in [-0.2, 0) is 4.79 Å². The lowest BCUT2D eigenvalue weighted by Gasteiger charge is -2.14. The molecule has 3 N–H and O–H groups in total. The predicted molar refractivity (Wildman–Crippen MR) is 61.4 cm³/mol. The molecule has 0 bridgehead atoms. The molecule has 0 fully saturated rings. The van der Waals surface area contributed by atoms with E-state index in [-0.39, 0.29) is 6.04 Å². The molecule has 0 aliphatic rings. The fraction of sp³-hybridized carbons (Fsp3) is 0.417. The molecule has 88 valence electrons. The van der Waals surface area contributed by atoms with Crippen LogP contribution in [0.4, 0.5) is 0 Å². The third-order valence-electron chi connectivity index (χ3n) is 2.31. The number of hydrogen-bond donors (Lipinski definition) is 2. The van der Waals surface area contributed by atoms with Gasteiger partial charge in [-0.2, -0.15) is 0 Å². The maximum atomic E-state index is 10.8. The summed E-state index contributed by atoms with van der Waals surface area (Å²) in [6.07, 6.45) is -0.374. The van der Waals surface area contributed by atoms with E-state index in [1.807, 2.05) is 19.1 Å². The van der Waals surface area contributed by atoms with Crippen molar-refractivity contribution < 1.29 is 14.6 Å². The molecule has 0 saturated heterocycles. The van der Waals surface area contributed by atoms with Crippen LogP contribution in [0.2, 0.25) is 0 Å². The van der Waals surface area contributed by atoms with Gasteiger partial charge in [-0.1, -0.05) is 19.1 Å². The van der Waals surface area contributed by atoms with Crippen molar-refractivity contribution in [2.75, 3.05) is 0 Å². The second-order valence-electron chi connectivity index (χ2n) is 3.71. The van der Waals surface area contributed by atoms with Crippen molar-refractivity contribution in [2.45, 2.75) is 32.4 Å². The molecule has 0 aliphatic carbocycles. The molecule has 1 aromatic rings. The fourth-order valence-electron chi connectivity index (χ4n) is 1.34. The van der Waals surface area contributed by atoms with Crippen molar-refractivity contribution in [2.24, 2.45) is 5.73 Å². The first kappa shape index (κ1) is 12.5. The monoisotopic (exact) mass is 223 g/mol. The zero-order valence-corrected chi connectivity index (χ0v) is 9.51. The molecule has 2 atom stereocenters. The van der Waals surface area contributed by atoms with Gasteiger partial charge in [-0.3, -0.25) is 0 Å². The highest BCUT2D eigenvalue weighted by Crippen LogP contribution is 2.19. The molecule has 4 nitrogen and oxygen atoms in total. The summed E-state index contributed by atoms with van der Waals surface area (Å²) in [5.41, 5.74) is 6.66. The van der Waals surface area contributed by atoms with E-state index in [1.165, 1.54) is 0 Å². The van der Waals surface area contributed by atoms with Crippen LogP contribution >= 0.6 is 0 Å². The van der Waals surface area contributed by atoms with Gasteiger partial charge in [0.1, 0.15) is 5.75 Å². The molecule has 1 aromatic carbocycles. The summed E-state index contributed by atoms with van der Waals surface area (Å²) < 4.78 is 5.36. The summed E-state index contributed by atoms with van der Waals surface area (Å²) in [5, 5.41) is 8.86. The van der Waals surface area contributed by atoms with Crippen LogP contribution in [0, 0.1) is 0 Å². The number of carbonyl (C=O) groups is 1. The molecule has 16 heavy (non-hydrogen) atoms. The second-order valence-corrected chi connectivity index (χ2v) is 3.71. The van der Waals surface area contributed by atoms with Crippen LogP contribution in [-0.4, -0.2) is 17.2 Å². The van der Waals surface area contributed by atoms with Crippen molar-refractivity contribution in [1.29, 1.82) is 0 Å². The Morgan fingerprint density at radius 2 is 2.25 bits per heavy atom. The van der Waals surface area contributed by atoms with E-state index in [9.17, 15) is 4.79 Å². The lowest BCUT2D eigenvalue weighted by molar-refractivity contribution is -0.145. The molecule has 4 heteroatoms. The summed E-state index contributed by atoms with van der Waals surface area (Å²) in [4.78, 5) is 10.8. The van der Waals surface area contributed by atoms with Gasteiger partial charge in [0.05, 0.1) is 0 Å². The summed E-state index contributed by atoms with van der Waals surface area (Å²) in [5.74, 6) is -0.405. The summed E-state index contributed by atoms with van der Waals surface area (Å²) >= 11 is 0. The highest BCUT2D eigenvalue weighted by Gasteiger charge is 2.16. The normalized spacial score (nSPS) is 14.2. The molecule has 0 radical (unpaired) electrons. The Kier molecular flexibility index (Phi) is 4.31. The van der Waals surface area contributed by atoms with Gasteiger partial charge >= 0.3 is 5.97 Å². The topological polar surface area (TPSA) is 72.5 Å². The molecule has 0 spiro atoms. The van der Waals surface area contributed by atoms with Crippen LogP contribution in [0.1, 0.15) is 31.9 Å². The molecule has 0 aliphatic heterocycles. The number of benzene rings is 1. The number of aliphatic carboxylic acids is 1. The number of carboxylic acid groups (broad SMARTS) is 1. The van der Waals surface area contributed by atoms with Gasteiger partial charge in [-0.25, -0.2) is 4.79 Å².